The van der Waals surface area contributed by atoms with Crippen molar-refractivity contribution in [3.63, 3.8) is 0 Å². The summed E-state index contributed by atoms with van der Waals surface area (Å²) in [6.45, 7) is 3.54. The van der Waals surface area contributed by atoms with Crippen LogP contribution in [0.4, 0.5) is 0 Å². The second-order valence-electron chi connectivity index (χ2n) is 5.93. The largest absolute Gasteiger partial charge is 0.436 e. The molecule has 1 amide bonds. The van der Waals surface area contributed by atoms with Crippen molar-refractivity contribution >= 4 is 21.7 Å². The van der Waals surface area contributed by atoms with Crippen molar-refractivity contribution in [2.45, 2.75) is 24.8 Å². The Balaban J connectivity index is 2.51. The van der Waals surface area contributed by atoms with Crippen LogP contribution in [0.3, 0.4) is 0 Å². The first-order chi connectivity index (χ1) is 12.5. The van der Waals surface area contributed by atoms with Gasteiger partial charge in [-0.2, -0.15) is 4.99 Å². The molecule has 1 aromatic carbocycles. The molecule has 144 valence electrons. The minimum absolute atomic E-state index is 0.0245. The maximum absolute atomic E-state index is 12.1. The first kappa shape index (κ1) is 20.1. The highest BCUT2D eigenvalue weighted by atomic mass is 32.2. The lowest BCUT2D eigenvalue weighted by Crippen LogP contribution is -2.24. The fourth-order valence-electron chi connectivity index (χ4n) is 2.14. The van der Waals surface area contributed by atoms with Crippen LogP contribution in [0.1, 0.15) is 30.2 Å². The molecule has 0 aliphatic heterocycles. The molecule has 10 nitrogen and oxygen atoms in total. The lowest BCUT2D eigenvalue weighted by atomic mass is 10.2. The summed E-state index contributed by atoms with van der Waals surface area (Å²) in [5, 5.41) is 4.05. The van der Waals surface area contributed by atoms with Crippen LogP contribution in [0, 0.1) is 0 Å². The third-order valence-corrected chi connectivity index (χ3v) is 4.44. The van der Waals surface area contributed by atoms with Crippen LogP contribution in [-0.4, -0.2) is 36.3 Å². The Labute approximate surface area is 155 Å². The second-order valence-corrected chi connectivity index (χ2v) is 7.91. The number of aliphatic imine (C=N–C) groups is 1. The van der Waals surface area contributed by atoms with E-state index in [1.165, 1.54) is 28.9 Å². The van der Waals surface area contributed by atoms with Gasteiger partial charge >= 0.3 is 0 Å². The molecule has 0 spiro atoms. The SMILES string of the molecule is CC(C)n1nc(Oc2ccc(C(=O)N=C(N)N)cc2S(C)(=O)=O)ccc1=O. The Bertz CT molecular complexity index is 1070. The normalized spacial score (nSPS) is 11.3. The van der Waals surface area contributed by atoms with Crippen LogP contribution in [0.2, 0.25) is 0 Å². The number of nitrogens with zero attached hydrogens (tertiary/aromatic N) is 3. The molecule has 27 heavy (non-hydrogen) atoms. The van der Waals surface area contributed by atoms with Crippen LogP contribution in [0.15, 0.2) is 45.0 Å². The Kier molecular flexibility index (Phi) is 5.64. The molecule has 0 saturated carbocycles. The van der Waals surface area contributed by atoms with E-state index in [2.05, 4.69) is 10.1 Å². The van der Waals surface area contributed by atoms with Gasteiger partial charge in [-0.15, -0.1) is 5.10 Å². The molecule has 0 aliphatic carbocycles. The van der Waals surface area contributed by atoms with E-state index in [-0.39, 0.29) is 33.7 Å². The molecule has 0 aliphatic rings. The summed E-state index contributed by atoms with van der Waals surface area (Å²) in [6, 6.07) is 6.09. The second kappa shape index (κ2) is 7.58. The van der Waals surface area contributed by atoms with Gasteiger partial charge in [0, 0.05) is 24.0 Å². The molecule has 0 unspecified atom stereocenters. The molecular formula is C16H19N5O5S. The van der Waals surface area contributed by atoms with Gasteiger partial charge < -0.3 is 16.2 Å². The van der Waals surface area contributed by atoms with Gasteiger partial charge in [0.25, 0.3) is 11.5 Å². The molecule has 0 bridgehead atoms. The third-order valence-electron chi connectivity index (χ3n) is 3.33. The monoisotopic (exact) mass is 393 g/mol. The van der Waals surface area contributed by atoms with E-state index < -0.39 is 21.7 Å². The molecule has 0 saturated heterocycles. The Morgan fingerprint density at radius 3 is 2.44 bits per heavy atom. The maximum Gasteiger partial charge on any atom is 0.280 e. The number of ether oxygens (including phenoxy) is 1. The lowest BCUT2D eigenvalue weighted by Gasteiger charge is -2.13. The number of hydrogen-bond donors (Lipinski definition) is 2. The third kappa shape index (κ3) is 4.91. The number of carbonyl (C=O) groups excluding carboxylic acids is 1. The predicted molar refractivity (Wildman–Crippen MR) is 98.6 cm³/mol. The highest BCUT2D eigenvalue weighted by Crippen LogP contribution is 2.29. The van der Waals surface area contributed by atoms with Gasteiger partial charge in [0.1, 0.15) is 10.6 Å². The Morgan fingerprint density at radius 1 is 1.22 bits per heavy atom. The number of rotatable bonds is 5. The summed E-state index contributed by atoms with van der Waals surface area (Å²) in [6.07, 6.45) is 0.965. The molecule has 2 aromatic rings. The quantitative estimate of drug-likeness (QED) is 0.546. The molecule has 0 fully saturated rings. The highest BCUT2D eigenvalue weighted by molar-refractivity contribution is 7.90. The van der Waals surface area contributed by atoms with Gasteiger partial charge in [-0.1, -0.05) is 0 Å². The van der Waals surface area contributed by atoms with Gasteiger partial charge in [0.2, 0.25) is 5.88 Å². The van der Waals surface area contributed by atoms with Gasteiger partial charge in [-0.05, 0) is 32.0 Å². The fraction of sp³-hybridized carbons (Fsp3) is 0.250. The van der Waals surface area contributed by atoms with Gasteiger partial charge in [-0.3, -0.25) is 9.59 Å². The van der Waals surface area contributed by atoms with E-state index >= 15 is 0 Å². The summed E-state index contributed by atoms with van der Waals surface area (Å²) < 4.78 is 31.0. The van der Waals surface area contributed by atoms with Crippen molar-refractivity contribution in [1.82, 2.24) is 9.78 Å². The Morgan fingerprint density at radius 2 is 1.89 bits per heavy atom. The van der Waals surface area contributed by atoms with Crippen LogP contribution >= 0.6 is 0 Å². The van der Waals surface area contributed by atoms with E-state index in [1.54, 1.807) is 13.8 Å². The summed E-state index contributed by atoms with van der Waals surface area (Å²) in [5.41, 5.74) is 9.98. The van der Waals surface area contributed by atoms with Crippen molar-refractivity contribution in [2.75, 3.05) is 6.26 Å². The minimum atomic E-state index is -3.76. The number of nitrogens with two attached hydrogens (primary N) is 2. The van der Waals surface area contributed by atoms with Gasteiger partial charge in [0.05, 0.1) is 6.04 Å². The first-order valence-corrected chi connectivity index (χ1v) is 9.64. The van der Waals surface area contributed by atoms with Crippen molar-refractivity contribution in [3.05, 3.63) is 46.2 Å². The van der Waals surface area contributed by atoms with Gasteiger partial charge in [-0.25, -0.2) is 13.1 Å². The molecule has 11 heteroatoms. The smallest absolute Gasteiger partial charge is 0.280 e. The summed E-state index contributed by atoms with van der Waals surface area (Å²) in [7, 11) is -3.76. The number of sulfone groups is 1. The van der Waals surface area contributed by atoms with Crippen LogP contribution < -0.4 is 21.8 Å². The number of carbonyl (C=O) groups is 1. The number of aromatic nitrogens is 2. The number of benzene rings is 1. The topological polar surface area (TPSA) is 160 Å². The van der Waals surface area contributed by atoms with Crippen molar-refractivity contribution < 1.29 is 17.9 Å². The van der Waals surface area contributed by atoms with Crippen molar-refractivity contribution in [1.29, 1.82) is 0 Å². The maximum atomic E-state index is 12.1. The highest BCUT2D eigenvalue weighted by Gasteiger charge is 2.19. The molecule has 0 atom stereocenters. The molecule has 0 radical (unpaired) electrons. The molecule has 4 N–H and O–H groups in total. The first-order valence-electron chi connectivity index (χ1n) is 7.75. The zero-order valence-corrected chi connectivity index (χ0v) is 15.7. The molecular weight excluding hydrogens is 374 g/mol. The molecule has 1 heterocycles. The van der Waals surface area contributed by atoms with Crippen LogP contribution in [0.5, 0.6) is 11.6 Å². The van der Waals surface area contributed by atoms with E-state index in [9.17, 15) is 18.0 Å². The van der Waals surface area contributed by atoms with Gasteiger partial charge in [0.15, 0.2) is 15.8 Å². The average Bonchev–Trinajstić information content (AvgIpc) is 2.55. The zero-order valence-electron chi connectivity index (χ0n) is 14.9. The van der Waals surface area contributed by atoms with Crippen molar-refractivity contribution in [3.8, 4) is 11.6 Å². The van der Waals surface area contributed by atoms with E-state index in [1.807, 2.05) is 0 Å². The zero-order chi connectivity index (χ0) is 20.4. The van der Waals surface area contributed by atoms with E-state index in [0.29, 0.717) is 0 Å². The van der Waals surface area contributed by atoms with Crippen molar-refractivity contribution in [2.24, 2.45) is 16.5 Å². The number of guanidine groups is 1. The summed E-state index contributed by atoms with van der Waals surface area (Å²) in [4.78, 5) is 26.8. The summed E-state index contributed by atoms with van der Waals surface area (Å²) in [5.74, 6) is -1.27. The fourth-order valence-corrected chi connectivity index (χ4v) is 2.96. The van der Waals surface area contributed by atoms with E-state index in [0.717, 1.165) is 12.3 Å². The molecule has 1 aromatic heterocycles. The minimum Gasteiger partial charge on any atom is -0.436 e. The lowest BCUT2D eigenvalue weighted by molar-refractivity contribution is 0.100. The Hall–Kier alpha value is -3.21. The van der Waals surface area contributed by atoms with Crippen LogP contribution in [0.25, 0.3) is 0 Å². The number of amides is 1. The predicted octanol–water partition coefficient (Wildman–Crippen LogP) is 0.434. The number of hydrogen-bond acceptors (Lipinski definition) is 6. The van der Waals surface area contributed by atoms with E-state index in [4.69, 9.17) is 16.2 Å². The summed E-state index contributed by atoms with van der Waals surface area (Å²) >= 11 is 0. The van der Waals surface area contributed by atoms with Crippen LogP contribution in [-0.2, 0) is 9.84 Å². The standard InChI is InChI=1S/C16H19N5O5S/c1-9(2)21-14(22)7-6-13(20-21)26-11-5-4-10(15(23)19-16(17)18)8-12(11)27(3,24)25/h4-9H,1-3H3,(H4,17,18,19,23). The average molecular weight is 393 g/mol. The molecule has 2 rings (SSSR count).